The minimum atomic E-state index is -0.614. The zero-order chi connectivity index (χ0) is 25.3. The molecule has 36 heavy (non-hydrogen) atoms. The second-order valence-electron chi connectivity index (χ2n) is 10.9. The molecule has 2 fully saturated rings. The lowest BCUT2D eigenvalue weighted by atomic mass is 9.77. The van der Waals surface area contributed by atoms with Crippen LogP contribution in [0.5, 0.6) is 0 Å². The number of fused-ring (bicyclic) bond motifs is 1. The van der Waals surface area contributed by atoms with Gasteiger partial charge in [0.2, 0.25) is 5.95 Å². The summed E-state index contributed by atoms with van der Waals surface area (Å²) in [6, 6.07) is 10.8. The maximum atomic E-state index is 11.2. The predicted molar refractivity (Wildman–Crippen MR) is 144 cm³/mol. The fraction of sp³-hybridized carbons (Fsp3) is 0.536. The fourth-order valence-corrected chi connectivity index (χ4v) is 5.76. The molecule has 3 aromatic rings. The molecule has 1 atom stereocenters. The van der Waals surface area contributed by atoms with Crippen molar-refractivity contribution < 1.29 is 9.90 Å². The van der Waals surface area contributed by atoms with Crippen molar-refractivity contribution in [1.82, 2.24) is 19.4 Å². The van der Waals surface area contributed by atoms with E-state index in [1.165, 1.54) is 11.1 Å². The van der Waals surface area contributed by atoms with Gasteiger partial charge in [-0.2, -0.15) is 4.98 Å². The summed E-state index contributed by atoms with van der Waals surface area (Å²) in [5.41, 5.74) is 1.73. The third-order valence-electron chi connectivity index (χ3n) is 8.08. The Bertz CT molecular complexity index is 1190. The van der Waals surface area contributed by atoms with E-state index in [0.717, 1.165) is 69.5 Å². The normalized spacial score (nSPS) is 22.5. The largest absolute Gasteiger partial charge is 0.390 e. The van der Waals surface area contributed by atoms with Crippen LogP contribution in [0, 0.1) is 5.92 Å². The Morgan fingerprint density at radius 3 is 2.53 bits per heavy atom. The second-order valence-corrected chi connectivity index (χ2v) is 10.9. The number of anilines is 2. The Balaban J connectivity index is 1.31. The number of carbonyl (C=O) groups excluding carboxylic acids is 1. The van der Waals surface area contributed by atoms with Gasteiger partial charge in [-0.25, -0.2) is 4.98 Å². The molecule has 2 aromatic heterocycles. The van der Waals surface area contributed by atoms with Crippen molar-refractivity contribution in [3.8, 4) is 5.82 Å². The van der Waals surface area contributed by atoms with E-state index in [2.05, 4.69) is 55.1 Å². The molecular formula is C28H38N6O2. The minimum Gasteiger partial charge on any atom is -0.390 e. The first-order valence-corrected chi connectivity index (χ1v) is 13.2. The van der Waals surface area contributed by atoms with E-state index in [1.54, 1.807) is 0 Å². The lowest BCUT2D eigenvalue weighted by Gasteiger charge is -2.37. The quantitative estimate of drug-likeness (QED) is 0.486. The molecule has 8 heteroatoms. The first-order valence-electron chi connectivity index (χ1n) is 13.2. The van der Waals surface area contributed by atoms with E-state index in [1.807, 2.05) is 33.0 Å². The summed E-state index contributed by atoms with van der Waals surface area (Å²) >= 11 is 0. The molecule has 3 heterocycles. The maximum absolute atomic E-state index is 11.2. The van der Waals surface area contributed by atoms with E-state index >= 15 is 0 Å². The number of nitrogens with zero attached hydrogens (tertiary/aromatic N) is 5. The predicted octanol–water partition coefficient (Wildman–Crippen LogP) is 3.87. The van der Waals surface area contributed by atoms with Crippen LogP contribution in [-0.2, 0) is 4.79 Å². The van der Waals surface area contributed by atoms with Gasteiger partial charge < -0.3 is 24.7 Å². The van der Waals surface area contributed by atoms with Gasteiger partial charge in [-0.15, -0.1) is 0 Å². The topological polar surface area (TPSA) is 86.5 Å². The third kappa shape index (κ3) is 5.11. The molecule has 1 aliphatic carbocycles. The van der Waals surface area contributed by atoms with Crippen molar-refractivity contribution in [3.05, 3.63) is 42.7 Å². The summed E-state index contributed by atoms with van der Waals surface area (Å²) in [5.74, 6) is 1.84. The lowest BCUT2D eigenvalue weighted by molar-refractivity contribution is -0.112. The van der Waals surface area contributed by atoms with Crippen LogP contribution >= 0.6 is 0 Å². The second kappa shape index (κ2) is 10.2. The number of aldehydes is 1. The highest BCUT2D eigenvalue weighted by Crippen LogP contribution is 2.34. The third-order valence-corrected chi connectivity index (χ3v) is 8.08. The summed E-state index contributed by atoms with van der Waals surface area (Å²) in [4.78, 5) is 25.2. The van der Waals surface area contributed by atoms with Gasteiger partial charge in [-0.3, -0.25) is 4.90 Å². The number of rotatable bonds is 7. The molecule has 5 rings (SSSR count). The average molecular weight is 491 g/mol. The molecule has 0 radical (unpaired) electrons. The molecule has 2 N–H and O–H groups in total. The highest BCUT2D eigenvalue weighted by Gasteiger charge is 2.31. The molecule has 0 spiro atoms. The smallest absolute Gasteiger partial charge is 0.224 e. The van der Waals surface area contributed by atoms with E-state index in [-0.39, 0.29) is 6.04 Å². The van der Waals surface area contributed by atoms with Gasteiger partial charge in [0, 0.05) is 55.7 Å². The zero-order valence-electron chi connectivity index (χ0n) is 21.6. The maximum Gasteiger partial charge on any atom is 0.224 e. The summed E-state index contributed by atoms with van der Waals surface area (Å²) in [6.07, 6.45) is 8.97. The van der Waals surface area contributed by atoms with Crippen molar-refractivity contribution in [2.45, 2.75) is 64.1 Å². The zero-order valence-corrected chi connectivity index (χ0v) is 21.6. The number of carbonyl (C=O) groups is 1. The Morgan fingerprint density at radius 1 is 1.08 bits per heavy atom. The minimum absolute atomic E-state index is 0.0267. The van der Waals surface area contributed by atoms with Crippen LogP contribution in [0.25, 0.3) is 16.7 Å². The standard InChI is InChI=1S/C28H38N6O2/c1-20(19-35)32-15-17-33(18-16-32)24-5-4-6-25-23(24)12-14-34(25)26-11-13-29-27(31-26)30-22-9-7-21(8-10-22)28(2,3)36/h4-6,11-14,19-22,36H,7-10,15-18H2,1-3H3,(H,29,30,31). The van der Waals surface area contributed by atoms with Crippen molar-refractivity contribution in [1.29, 1.82) is 0 Å². The SMILES string of the molecule is CC(C=O)N1CCN(c2cccc3c2ccn3-c2ccnc(NC3CCC(C(C)(C)O)CC3)n2)CC1. The van der Waals surface area contributed by atoms with Crippen molar-refractivity contribution >= 4 is 28.8 Å². The van der Waals surface area contributed by atoms with Crippen LogP contribution in [0.1, 0.15) is 46.5 Å². The first-order chi connectivity index (χ1) is 17.3. The number of hydrogen-bond donors (Lipinski definition) is 2. The summed E-state index contributed by atoms with van der Waals surface area (Å²) in [6.45, 7) is 9.37. The van der Waals surface area contributed by atoms with Gasteiger partial charge in [0.25, 0.3) is 0 Å². The number of nitrogens with one attached hydrogen (secondary N) is 1. The molecule has 192 valence electrons. The summed E-state index contributed by atoms with van der Waals surface area (Å²) in [5, 5.41) is 15.1. The summed E-state index contributed by atoms with van der Waals surface area (Å²) < 4.78 is 2.13. The van der Waals surface area contributed by atoms with Gasteiger partial charge in [0.05, 0.1) is 17.2 Å². The summed E-state index contributed by atoms with van der Waals surface area (Å²) in [7, 11) is 0. The van der Waals surface area contributed by atoms with E-state index in [0.29, 0.717) is 17.9 Å². The molecular weight excluding hydrogens is 452 g/mol. The average Bonchev–Trinajstić information content (AvgIpc) is 3.33. The molecule has 1 saturated carbocycles. The van der Waals surface area contributed by atoms with Crippen LogP contribution in [0.3, 0.4) is 0 Å². The van der Waals surface area contributed by atoms with E-state index < -0.39 is 5.60 Å². The Hall–Kier alpha value is -2.97. The van der Waals surface area contributed by atoms with Gasteiger partial charge >= 0.3 is 0 Å². The number of piperazine rings is 1. The number of benzene rings is 1. The highest BCUT2D eigenvalue weighted by molar-refractivity contribution is 5.94. The molecule has 1 aliphatic heterocycles. The van der Waals surface area contributed by atoms with Gasteiger partial charge in [-0.1, -0.05) is 6.07 Å². The van der Waals surface area contributed by atoms with Crippen LogP contribution in [-0.4, -0.2) is 74.7 Å². The van der Waals surface area contributed by atoms with Crippen LogP contribution in [0.2, 0.25) is 0 Å². The fourth-order valence-electron chi connectivity index (χ4n) is 5.76. The number of hydrogen-bond acceptors (Lipinski definition) is 7. The van der Waals surface area contributed by atoms with E-state index in [9.17, 15) is 9.90 Å². The molecule has 2 aliphatic rings. The van der Waals surface area contributed by atoms with Gasteiger partial charge in [0.1, 0.15) is 12.1 Å². The number of aliphatic hydroxyl groups is 1. The van der Waals surface area contributed by atoms with Crippen LogP contribution in [0.15, 0.2) is 42.7 Å². The molecule has 0 bridgehead atoms. The lowest BCUT2D eigenvalue weighted by Crippen LogP contribution is -2.50. The Labute approximate surface area is 213 Å². The van der Waals surface area contributed by atoms with Crippen molar-refractivity contribution in [2.75, 3.05) is 36.4 Å². The van der Waals surface area contributed by atoms with Gasteiger partial charge in [0.15, 0.2) is 0 Å². The monoisotopic (exact) mass is 490 g/mol. The van der Waals surface area contributed by atoms with Crippen LogP contribution < -0.4 is 10.2 Å². The van der Waals surface area contributed by atoms with Crippen LogP contribution in [0.4, 0.5) is 11.6 Å². The molecule has 1 aromatic carbocycles. The highest BCUT2D eigenvalue weighted by atomic mass is 16.3. The molecule has 1 saturated heterocycles. The van der Waals surface area contributed by atoms with Crippen molar-refractivity contribution in [3.63, 3.8) is 0 Å². The van der Waals surface area contributed by atoms with Crippen molar-refractivity contribution in [2.24, 2.45) is 5.92 Å². The number of aromatic nitrogens is 3. The van der Waals surface area contributed by atoms with E-state index in [4.69, 9.17) is 4.98 Å². The Morgan fingerprint density at radius 2 is 1.83 bits per heavy atom. The molecule has 1 unspecified atom stereocenters. The molecule has 8 nitrogen and oxygen atoms in total. The Kier molecular flexibility index (Phi) is 6.99. The first kappa shape index (κ1) is 24.7. The molecule has 0 amide bonds. The van der Waals surface area contributed by atoms with Gasteiger partial charge in [-0.05, 0) is 76.6 Å².